The summed E-state index contributed by atoms with van der Waals surface area (Å²) in [6, 6.07) is 9.36. The van der Waals surface area contributed by atoms with Gasteiger partial charge in [0, 0.05) is 19.2 Å². The van der Waals surface area contributed by atoms with Gasteiger partial charge in [-0.3, -0.25) is 9.59 Å². The van der Waals surface area contributed by atoms with Gasteiger partial charge in [-0.25, -0.2) is 0 Å². The molecule has 0 aliphatic heterocycles. The van der Waals surface area contributed by atoms with Crippen LogP contribution in [0.25, 0.3) is 0 Å². The zero-order valence-corrected chi connectivity index (χ0v) is 11.0. The highest BCUT2D eigenvalue weighted by molar-refractivity contribution is 5.96. The second-order valence-electron chi connectivity index (χ2n) is 4.17. The number of anilines is 1. The Morgan fingerprint density at radius 3 is 2.50 bits per heavy atom. The predicted molar refractivity (Wildman–Crippen MR) is 72.4 cm³/mol. The van der Waals surface area contributed by atoms with Gasteiger partial charge in [-0.15, -0.1) is 0 Å². The molecule has 98 valence electrons. The van der Waals surface area contributed by atoms with Crippen molar-refractivity contribution in [3.63, 3.8) is 0 Å². The second kappa shape index (κ2) is 7.48. The molecule has 0 aliphatic carbocycles. The molecule has 0 fully saturated rings. The minimum absolute atomic E-state index is 0.0495. The molecule has 0 atom stereocenters. The molecular weight excluding hydrogens is 228 g/mol. The van der Waals surface area contributed by atoms with Crippen LogP contribution in [0.3, 0.4) is 0 Å². The molecule has 0 saturated carbocycles. The predicted octanol–water partition coefficient (Wildman–Crippen LogP) is 1.96. The van der Waals surface area contributed by atoms with Crippen LogP contribution in [0, 0.1) is 0 Å². The van der Waals surface area contributed by atoms with Gasteiger partial charge in [-0.1, -0.05) is 31.5 Å². The Kier molecular flexibility index (Phi) is 5.91. The maximum Gasteiger partial charge on any atom is 0.246 e. The molecule has 0 saturated heterocycles. The highest BCUT2D eigenvalue weighted by Crippen LogP contribution is 2.10. The van der Waals surface area contributed by atoms with E-state index in [1.807, 2.05) is 37.3 Å². The quantitative estimate of drug-likeness (QED) is 0.836. The van der Waals surface area contributed by atoms with Gasteiger partial charge in [0.15, 0.2) is 0 Å². The summed E-state index contributed by atoms with van der Waals surface area (Å²) in [7, 11) is 1.70. The lowest BCUT2D eigenvalue weighted by Crippen LogP contribution is -2.38. The third-order valence-electron chi connectivity index (χ3n) is 2.71. The molecule has 1 N–H and O–H groups in total. The van der Waals surface area contributed by atoms with Crippen LogP contribution in [0.2, 0.25) is 0 Å². The van der Waals surface area contributed by atoms with Crippen LogP contribution in [-0.4, -0.2) is 25.4 Å². The number of nitrogens with one attached hydrogen (secondary N) is 1. The number of likely N-dealkylation sites (N-methyl/N-ethyl adjacent to an activating group) is 1. The maximum atomic E-state index is 11.8. The van der Waals surface area contributed by atoms with Gasteiger partial charge >= 0.3 is 0 Å². The number of carbonyl (C=O) groups excluding carboxylic acids is 2. The van der Waals surface area contributed by atoms with E-state index in [0.717, 1.165) is 18.5 Å². The van der Waals surface area contributed by atoms with Gasteiger partial charge in [-0.2, -0.15) is 0 Å². The van der Waals surface area contributed by atoms with Gasteiger partial charge in [0.25, 0.3) is 0 Å². The molecule has 1 rings (SSSR count). The van der Waals surface area contributed by atoms with Crippen molar-refractivity contribution < 1.29 is 9.59 Å². The van der Waals surface area contributed by atoms with Crippen molar-refractivity contribution in [2.45, 2.75) is 26.2 Å². The van der Waals surface area contributed by atoms with Crippen LogP contribution < -0.4 is 10.2 Å². The summed E-state index contributed by atoms with van der Waals surface area (Å²) in [4.78, 5) is 24.8. The van der Waals surface area contributed by atoms with Crippen molar-refractivity contribution >= 4 is 17.5 Å². The third-order valence-corrected chi connectivity index (χ3v) is 2.71. The zero-order chi connectivity index (χ0) is 13.4. The lowest BCUT2D eigenvalue weighted by Gasteiger charge is -2.17. The minimum Gasteiger partial charge on any atom is -0.347 e. The number of rotatable bonds is 6. The molecule has 0 unspecified atom stereocenters. The highest BCUT2D eigenvalue weighted by Gasteiger charge is 2.11. The summed E-state index contributed by atoms with van der Waals surface area (Å²) >= 11 is 0. The van der Waals surface area contributed by atoms with E-state index in [0.29, 0.717) is 6.42 Å². The molecular formula is C14H20N2O2. The first kappa shape index (κ1) is 14.2. The number of hydrogen-bond acceptors (Lipinski definition) is 2. The number of amides is 2. The second-order valence-corrected chi connectivity index (χ2v) is 4.17. The molecule has 0 bridgehead atoms. The summed E-state index contributed by atoms with van der Waals surface area (Å²) in [5, 5.41) is 2.64. The van der Waals surface area contributed by atoms with E-state index < -0.39 is 0 Å². The van der Waals surface area contributed by atoms with Crippen LogP contribution in [0.15, 0.2) is 30.3 Å². The molecule has 1 aromatic rings. The molecule has 1 aromatic carbocycles. The van der Waals surface area contributed by atoms with Crippen LogP contribution in [0.4, 0.5) is 5.69 Å². The monoisotopic (exact) mass is 248 g/mol. The first-order valence-corrected chi connectivity index (χ1v) is 6.23. The third kappa shape index (κ3) is 4.57. The first-order valence-electron chi connectivity index (χ1n) is 6.23. The average molecular weight is 248 g/mol. The highest BCUT2D eigenvalue weighted by atomic mass is 16.2. The smallest absolute Gasteiger partial charge is 0.246 e. The fourth-order valence-corrected chi connectivity index (χ4v) is 1.51. The number of carbonyl (C=O) groups is 2. The van der Waals surface area contributed by atoms with Gasteiger partial charge < -0.3 is 10.2 Å². The summed E-state index contributed by atoms with van der Waals surface area (Å²) < 4.78 is 0. The van der Waals surface area contributed by atoms with Gasteiger partial charge in [0.1, 0.15) is 0 Å². The van der Waals surface area contributed by atoms with Crippen molar-refractivity contribution in [1.82, 2.24) is 5.32 Å². The molecule has 2 amide bonds. The molecule has 0 spiro atoms. The number of nitrogens with zero attached hydrogens (tertiary/aromatic N) is 1. The molecule has 0 heterocycles. The van der Waals surface area contributed by atoms with Crippen molar-refractivity contribution in [1.29, 1.82) is 0 Å². The lowest BCUT2D eigenvalue weighted by molar-refractivity contribution is -0.124. The Bertz CT molecular complexity index is 390. The summed E-state index contributed by atoms with van der Waals surface area (Å²) in [6.45, 7) is 2.08. The average Bonchev–Trinajstić information content (AvgIpc) is 2.42. The van der Waals surface area contributed by atoms with E-state index in [4.69, 9.17) is 0 Å². The van der Waals surface area contributed by atoms with E-state index >= 15 is 0 Å². The van der Waals surface area contributed by atoms with E-state index in [1.165, 1.54) is 0 Å². The van der Waals surface area contributed by atoms with E-state index in [9.17, 15) is 9.59 Å². The largest absolute Gasteiger partial charge is 0.347 e. The normalized spacial score (nSPS) is 9.89. The Hall–Kier alpha value is -1.84. The van der Waals surface area contributed by atoms with Crippen LogP contribution in [0.1, 0.15) is 26.2 Å². The standard InChI is InChI=1S/C14H20N2O2/c1-3-4-10-13(17)15-11-14(18)16(2)12-8-6-5-7-9-12/h5-9H,3-4,10-11H2,1-2H3,(H,15,17). The van der Waals surface area contributed by atoms with E-state index in [2.05, 4.69) is 5.32 Å². The molecule has 4 heteroatoms. The van der Waals surface area contributed by atoms with E-state index in [-0.39, 0.29) is 18.4 Å². The first-order chi connectivity index (χ1) is 8.65. The van der Waals surface area contributed by atoms with Gasteiger partial charge in [0.05, 0.1) is 6.54 Å². The fraction of sp³-hybridized carbons (Fsp3) is 0.429. The van der Waals surface area contributed by atoms with Gasteiger partial charge in [-0.05, 0) is 18.6 Å². The summed E-state index contributed by atoms with van der Waals surface area (Å²) in [6.07, 6.45) is 2.32. The topological polar surface area (TPSA) is 49.4 Å². The SMILES string of the molecule is CCCCC(=O)NCC(=O)N(C)c1ccccc1. The number of unbranched alkanes of at least 4 members (excludes halogenated alkanes) is 1. The van der Waals surface area contributed by atoms with E-state index in [1.54, 1.807) is 11.9 Å². The number of para-hydroxylation sites is 1. The molecule has 0 aliphatic rings. The Balaban J connectivity index is 2.39. The number of benzene rings is 1. The van der Waals surface area contributed by atoms with Crippen molar-refractivity contribution in [3.8, 4) is 0 Å². The zero-order valence-electron chi connectivity index (χ0n) is 11.0. The lowest BCUT2D eigenvalue weighted by atomic mass is 10.2. The fourth-order valence-electron chi connectivity index (χ4n) is 1.51. The Morgan fingerprint density at radius 2 is 1.89 bits per heavy atom. The number of hydrogen-bond donors (Lipinski definition) is 1. The van der Waals surface area contributed by atoms with Crippen molar-refractivity contribution in [2.24, 2.45) is 0 Å². The van der Waals surface area contributed by atoms with Crippen molar-refractivity contribution in [2.75, 3.05) is 18.5 Å². The molecule has 0 radical (unpaired) electrons. The van der Waals surface area contributed by atoms with Crippen LogP contribution >= 0.6 is 0 Å². The van der Waals surface area contributed by atoms with Crippen LogP contribution in [0.5, 0.6) is 0 Å². The van der Waals surface area contributed by atoms with Crippen molar-refractivity contribution in [3.05, 3.63) is 30.3 Å². The molecule has 4 nitrogen and oxygen atoms in total. The molecule has 0 aromatic heterocycles. The maximum absolute atomic E-state index is 11.8. The Labute approximate surface area is 108 Å². The van der Waals surface area contributed by atoms with Gasteiger partial charge in [0.2, 0.25) is 11.8 Å². The summed E-state index contributed by atoms with van der Waals surface area (Å²) in [5.74, 6) is -0.183. The minimum atomic E-state index is -0.119. The van der Waals surface area contributed by atoms with Crippen LogP contribution in [-0.2, 0) is 9.59 Å². The summed E-state index contributed by atoms with van der Waals surface area (Å²) in [5.41, 5.74) is 0.824. The Morgan fingerprint density at radius 1 is 1.22 bits per heavy atom. The molecule has 18 heavy (non-hydrogen) atoms.